The lowest BCUT2D eigenvalue weighted by molar-refractivity contribution is 0.260. The number of imidazole rings is 1. The number of nitrogens with zero attached hydrogens (tertiary/aromatic N) is 3. The van der Waals surface area contributed by atoms with Crippen molar-refractivity contribution in [2.24, 2.45) is 0 Å². The molecule has 1 aromatic heterocycles. The molecule has 0 saturated carbocycles. The number of para-hydroxylation sites is 2. The lowest BCUT2D eigenvalue weighted by Gasteiger charge is -2.23. The molecule has 0 spiro atoms. The summed E-state index contributed by atoms with van der Waals surface area (Å²) in [5, 5.41) is 0. The topological polar surface area (TPSA) is 35.2 Å². The zero-order chi connectivity index (χ0) is 12.7. The average molecular weight is 256 g/mol. The molecule has 4 nitrogen and oxygen atoms in total. The highest BCUT2D eigenvalue weighted by molar-refractivity contribution is 5.77. The van der Waals surface area contributed by atoms with Crippen molar-refractivity contribution in [3.63, 3.8) is 0 Å². The highest BCUT2D eigenvalue weighted by Gasteiger charge is 2.30. The number of hydrogen-bond acceptors (Lipinski definition) is 3. The van der Waals surface area contributed by atoms with Gasteiger partial charge < -0.3 is 9.88 Å². The molecule has 2 fully saturated rings. The maximum Gasteiger partial charge on any atom is 0.203 e. The fourth-order valence-corrected chi connectivity index (χ4v) is 3.43. The number of aromatic amines is 1. The van der Waals surface area contributed by atoms with Crippen LogP contribution in [0.2, 0.25) is 0 Å². The predicted molar refractivity (Wildman–Crippen MR) is 77.5 cm³/mol. The summed E-state index contributed by atoms with van der Waals surface area (Å²) in [6, 6.07) is 9.00. The number of anilines is 1. The summed E-state index contributed by atoms with van der Waals surface area (Å²) in [6.07, 6.45) is 4.03. The molecule has 0 bridgehead atoms. The number of H-pyrrole nitrogens is 1. The number of fused-ring (bicyclic) bond motifs is 1. The van der Waals surface area contributed by atoms with Gasteiger partial charge in [-0.25, -0.2) is 4.98 Å². The van der Waals surface area contributed by atoms with Gasteiger partial charge in [0.15, 0.2) is 0 Å². The van der Waals surface area contributed by atoms with Crippen LogP contribution in [-0.2, 0) is 0 Å². The molecule has 1 N–H and O–H groups in total. The van der Waals surface area contributed by atoms with Crippen molar-refractivity contribution >= 4 is 17.0 Å². The van der Waals surface area contributed by atoms with Gasteiger partial charge in [-0.05, 0) is 44.5 Å². The van der Waals surface area contributed by atoms with Crippen molar-refractivity contribution in [1.29, 1.82) is 0 Å². The Morgan fingerprint density at radius 2 is 1.95 bits per heavy atom. The first-order valence-corrected chi connectivity index (χ1v) is 7.34. The van der Waals surface area contributed by atoms with E-state index in [1.165, 1.54) is 32.4 Å². The van der Waals surface area contributed by atoms with Crippen LogP contribution in [0.3, 0.4) is 0 Å². The van der Waals surface area contributed by atoms with Gasteiger partial charge in [0, 0.05) is 19.1 Å². The van der Waals surface area contributed by atoms with Gasteiger partial charge in [-0.1, -0.05) is 12.1 Å². The number of rotatable bonds is 2. The SMILES string of the molecule is c1ccc2[nH]c(N3CCC(N4CCCC4)C3)nc2c1. The van der Waals surface area contributed by atoms with Gasteiger partial charge in [0.25, 0.3) is 0 Å². The Morgan fingerprint density at radius 3 is 2.79 bits per heavy atom. The molecule has 0 amide bonds. The van der Waals surface area contributed by atoms with Gasteiger partial charge in [0.1, 0.15) is 0 Å². The van der Waals surface area contributed by atoms with Crippen molar-refractivity contribution < 1.29 is 0 Å². The van der Waals surface area contributed by atoms with E-state index in [4.69, 9.17) is 4.98 Å². The summed E-state index contributed by atoms with van der Waals surface area (Å²) in [4.78, 5) is 13.2. The van der Waals surface area contributed by atoms with E-state index in [9.17, 15) is 0 Å². The average Bonchev–Trinajstić information content (AvgIpc) is 3.17. The van der Waals surface area contributed by atoms with E-state index >= 15 is 0 Å². The third-order valence-corrected chi connectivity index (χ3v) is 4.50. The summed E-state index contributed by atoms with van der Waals surface area (Å²) in [5.74, 6) is 1.04. The molecule has 2 saturated heterocycles. The Bertz CT molecular complexity index is 537. The van der Waals surface area contributed by atoms with Gasteiger partial charge in [-0.3, -0.25) is 4.90 Å². The molecular weight excluding hydrogens is 236 g/mol. The zero-order valence-electron chi connectivity index (χ0n) is 11.2. The Labute approximate surface area is 113 Å². The van der Waals surface area contributed by atoms with E-state index in [0.717, 1.165) is 36.1 Å². The minimum absolute atomic E-state index is 0.732. The van der Waals surface area contributed by atoms with Gasteiger partial charge in [0.2, 0.25) is 5.95 Å². The van der Waals surface area contributed by atoms with Crippen LogP contribution in [0.4, 0.5) is 5.95 Å². The second-order valence-corrected chi connectivity index (χ2v) is 5.71. The number of nitrogens with one attached hydrogen (secondary N) is 1. The molecular formula is C15H20N4. The van der Waals surface area contributed by atoms with Crippen LogP contribution in [0.5, 0.6) is 0 Å². The zero-order valence-corrected chi connectivity index (χ0v) is 11.2. The van der Waals surface area contributed by atoms with E-state index in [2.05, 4.69) is 33.0 Å². The lowest BCUT2D eigenvalue weighted by Crippen LogP contribution is -2.35. The van der Waals surface area contributed by atoms with Gasteiger partial charge in [-0.15, -0.1) is 0 Å². The minimum atomic E-state index is 0.732. The molecule has 0 aliphatic carbocycles. The summed E-state index contributed by atoms with van der Waals surface area (Å²) >= 11 is 0. The normalized spacial score (nSPS) is 24.6. The summed E-state index contributed by atoms with van der Waals surface area (Å²) in [5.41, 5.74) is 2.21. The third kappa shape index (κ3) is 2.00. The fourth-order valence-electron chi connectivity index (χ4n) is 3.43. The van der Waals surface area contributed by atoms with Crippen LogP contribution in [-0.4, -0.2) is 47.1 Å². The number of likely N-dealkylation sites (tertiary alicyclic amines) is 1. The molecule has 2 aliphatic heterocycles. The smallest absolute Gasteiger partial charge is 0.203 e. The third-order valence-electron chi connectivity index (χ3n) is 4.50. The highest BCUT2D eigenvalue weighted by atomic mass is 15.3. The van der Waals surface area contributed by atoms with Crippen molar-refractivity contribution in [2.75, 3.05) is 31.1 Å². The first kappa shape index (κ1) is 11.3. The summed E-state index contributed by atoms with van der Waals surface area (Å²) < 4.78 is 0. The van der Waals surface area contributed by atoms with Crippen molar-refractivity contribution in [3.8, 4) is 0 Å². The molecule has 1 unspecified atom stereocenters. The highest BCUT2D eigenvalue weighted by Crippen LogP contribution is 2.25. The maximum absolute atomic E-state index is 4.71. The molecule has 2 aliphatic rings. The van der Waals surface area contributed by atoms with Crippen LogP contribution in [0.1, 0.15) is 19.3 Å². The second kappa shape index (κ2) is 4.53. The Kier molecular flexibility index (Phi) is 2.69. The number of aromatic nitrogens is 2. The molecule has 19 heavy (non-hydrogen) atoms. The lowest BCUT2D eigenvalue weighted by atomic mass is 10.2. The van der Waals surface area contributed by atoms with E-state index in [1.54, 1.807) is 0 Å². The largest absolute Gasteiger partial charge is 0.341 e. The Morgan fingerprint density at radius 1 is 1.11 bits per heavy atom. The predicted octanol–water partition coefficient (Wildman–Crippen LogP) is 2.24. The van der Waals surface area contributed by atoms with Gasteiger partial charge in [0.05, 0.1) is 11.0 Å². The molecule has 3 heterocycles. The van der Waals surface area contributed by atoms with Crippen molar-refractivity contribution in [3.05, 3.63) is 24.3 Å². The fraction of sp³-hybridized carbons (Fsp3) is 0.533. The first-order chi connectivity index (χ1) is 9.40. The quantitative estimate of drug-likeness (QED) is 0.895. The molecule has 2 aromatic rings. The second-order valence-electron chi connectivity index (χ2n) is 5.71. The molecule has 100 valence electrons. The molecule has 1 atom stereocenters. The number of benzene rings is 1. The van der Waals surface area contributed by atoms with Crippen LogP contribution >= 0.6 is 0 Å². The van der Waals surface area contributed by atoms with E-state index < -0.39 is 0 Å². The molecule has 4 heteroatoms. The van der Waals surface area contributed by atoms with Gasteiger partial charge >= 0.3 is 0 Å². The standard InChI is InChI=1S/C15H20N4/c1-2-6-14-13(5-1)16-15(17-14)19-10-7-12(11-19)18-8-3-4-9-18/h1-2,5-6,12H,3-4,7-11H2,(H,16,17). The van der Waals surface area contributed by atoms with E-state index in [1.807, 2.05) is 6.07 Å². The molecule has 1 aromatic carbocycles. The van der Waals surface area contributed by atoms with Crippen molar-refractivity contribution in [2.45, 2.75) is 25.3 Å². The van der Waals surface area contributed by atoms with Crippen molar-refractivity contribution in [1.82, 2.24) is 14.9 Å². The maximum atomic E-state index is 4.71. The first-order valence-electron chi connectivity index (χ1n) is 7.34. The Hall–Kier alpha value is -1.55. The number of hydrogen-bond donors (Lipinski definition) is 1. The molecule has 0 radical (unpaired) electrons. The van der Waals surface area contributed by atoms with E-state index in [0.29, 0.717) is 0 Å². The Balaban J connectivity index is 1.53. The summed E-state index contributed by atoms with van der Waals surface area (Å²) in [6.45, 7) is 4.83. The van der Waals surface area contributed by atoms with Crippen LogP contribution < -0.4 is 4.90 Å². The van der Waals surface area contributed by atoms with Gasteiger partial charge in [-0.2, -0.15) is 0 Å². The molecule has 4 rings (SSSR count). The summed E-state index contributed by atoms with van der Waals surface area (Å²) in [7, 11) is 0. The van der Waals surface area contributed by atoms with Crippen LogP contribution in [0.15, 0.2) is 24.3 Å². The van der Waals surface area contributed by atoms with Crippen LogP contribution in [0, 0.1) is 0 Å². The van der Waals surface area contributed by atoms with Crippen LogP contribution in [0.25, 0.3) is 11.0 Å². The monoisotopic (exact) mass is 256 g/mol. The van der Waals surface area contributed by atoms with E-state index in [-0.39, 0.29) is 0 Å². The minimum Gasteiger partial charge on any atom is -0.341 e.